The summed E-state index contributed by atoms with van der Waals surface area (Å²) in [6.45, 7) is 1.93. The van der Waals surface area contributed by atoms with Crippen LogP contribution < -0.4 is 0 Å². The van der Waals surface area contributed by atoms with Gasteiger partial charge in [0.2, 0.25) is 0 Å². The first-order chi connectivity index (χ1) is 6.59. The third kappa shape index (κ3) is 2.86. The van der Waals surface area contributed by atoms with Gasteiger partial charge in [-0.2, -0.15) is 0 Å². The van der Waals surface area contributed by atoms with Crippen molar-refractivity contribution >= 4 is 17.8 Å². The highest BCUT2D eigenvalue weighted by Crippen LogP contribution is 2.05. The molecule has 1 aromatic carbocycles. The minimum atomic E-state index is -1.44. The van der Waals surface area contributed by atoms with E-state index in [4.69, 9.17) is 5.11 Å². The molecule has 0 atom stereocenters. The van der Waals surface area contributed by atoms with Crippen molar-refractivity contribution in [3.8, 4) is 0 Å². The highest BCUT2D eigenvalue weighted by Gasteiger charge is 2.05. The van der Waals surface area contributed by atoms with E-state index in [-0.39, 0.29) is 0 Å². The zero-order valence-electron chi connectivity index (χ0n) is 7.73. The summed E-state index contributed by atoms with van der Waals surface area (Å²) in [5.41, 5.74) is 1.88. The molecule has 3 nitrogen and oxygen atoms in total. The van der Waals surface area contributed by atoms with Crippen LogP contribution in [-0.2, 0) is 9.59 Å². The second-order valence-electron chi connectivity index (χ2n) is 2.92. The van der Waals surface area contributed by atoms with Crippen molar-refractivity contribution in [1.29, 1.82) is 0 Å². The van der Waals surface area contributed by atoms with Crippen molar-refractivity contribution in [2.45, 2.75) is 6.92 Å². The minimum Gasteiger partial charge on any atom is -0.475 e. The first-order valence-corrected chi connectivity index (χ1v) is 4.11. The molecule has 0 spiro atoms. The van der Waals surface area contributed by atoms with Crippen LogP contribution in [0.15, 0.2) is 30.3 Å². The molecule has 0 radical (unpaired) electrons. The molecule has 0 bridgehead atoms. The monoisotopic (exact) mass is 190 g/mol. The normalized spacial score (nSPS) is 10.4. The van der Waals surface area contributed by atoms with Gasteiger partial charge >= 0.3 is 5.97 Å². The second kappa shape index (κ2) is 4.37. The lowest BCUT2D eigenvalue weighted by atomic mass is 10.1. The number of carboxylic acids is 1. The van der Waals surface area contributed by atoms with Crippen LogP contribution in [0.5, 0.6) is 0 Å². The van der Waals surface area contributed by atoms with Crippen molar-refractivity contribution in [3.63, 3.8) is 0 Å². The number of carboxylic acid groups (broad SMARTS) is 1. The molecule has 0 saturated heterocycles. The fourth-order valence-electron chi connectivity index (χ4n) is 1.02. The molecule has 72 valence electrons. The summed E-state index contributed by atoms with van der Waals surface area (Å²) in [5.74, 6) is -2.35. The SMILES string of the molecule is Cc1cccc(/C=C/C(=O)C(=O)O)c1. The zero-order valence-corrected chi connectivity index (χ0v) is 7.73. The Morgan fingerprint density at radius 3 is 2.64 bits per heavy atom. The highest BCUT2D eigenvalue weighted by atomic mass is 16.4. The fourth-order valence-corrected chi connectivity index (χ4v) is 1.02. The number of hydrogen-bond donors (Lipinski definition) is 1. The summed E-state index contributed by atoms with van der Waals surface area (Å²) in [6.07, 6.45) is 2.54. The maximum absolute atomic E-state index is 10.7. The summed E-state index contributed by atoms with van der Waals surface area (Å²) in [4.78, 5) is 20.9. The van der Waals surface area contributed by atoms with Gasteiger partial charge in [0.25, 0.3) is 5.78 Å². The van der Waals surface area contributed by atoms with Crippen LogP contribution in [0, 0.1) is 6.92 Å². The van der Waals surface area contributed by atoms with Gasteiger partial charge in [-0.1, -0.05) is 35.9 Å². The van der Waals surface area contributed by atoms with E-state index in [9.17, 15) is 9.59 Å². The van der Waals surface area contributed by atoms with Crippen molar-refractivity contribution in [1.82, 2.24) is 0 Å². The molecule has 0 aliphatic rings. The quantitative estimate of drug-likeness (QED) is 0.582. The topological polar surface area (TPSA) is 54.4 Å². The Bertz CT molecular complexity index is 391. The zero-order chi connectivity index (χ0) is 10.6. The van der Waals surface area contributed by atoms with Crippen LogP contribution in [0.1, 0.15) is 11.1 Å². The summed E-state index contributed by atoms with van der Waals surface area (Å²) in [5, 5.41) is 8.31. The lowest BCUT2D eigenvalue weighted by molar-refractivity contribution is -0.146. The third-order valence-corrected chi connectivity index (χ3v) is 1.68. The highest BCUT2D eigenvalue weighted by molar-refractivity contribution is 6.38. The molecule has 0 fully saturated rings. The van der Waals surface area contributed by atoms with E-state index in [0.717, 1.165) is 17.2 Å². The molecule has 0 saturated carbocycles. The van der Waals surface area contributed by atoms with Crippen LogP contribution >= 0.6 is 0 Å². The van der Waals surface area contributed by atoms with Gasteiger partial charge in [-0.3, -0.25) is 4.79 Å². The van der Waals surface area contributed by atoms with Crippen LogP contribution in [0.4, 0.5) is 0 Å². The third-order valence-electron chi connectivity index (χ3n) is 1.68. The van der Waals surface area contributed by atoms with Crippen LogP contribution in [-0.4, -0.2) is 16.9 Å². The maximum atomic E-state index is 10.7. The molecule has 1 N–H and O–H groups in total. The number of rotatable bonds is 3. The Kier molecular flexibility index (Phi) is 3.18. The molecule has 0 aliphatic heterocycles. The Morgan fingerprint density at radius 1 is 1.36 bits per heavy atom. The van der Waals surface area contributed by atoms with Crippen LogP contribution in [0.3, 0.4) is 0 Å². The number of aryl methyl sites for hydroxylation is 1. The Hall–Kier alpha value is -1.90. The van der Waals surface area contributed by atoms with E-state index in [1.165, 1.54) is 6.08 Å². The van der Waals surface area contributed by atoms with E-state index in [2.05, 4.69) is 0 Å². The summed E-state index contributed by atoms with van der Waals surface area (Å²) in [7, 11) is 0. The summed E-state index contributed by atoms with van der Waals surface area (Å²) >= 11 is 0. The number of carbonyl (C=O) groups excluding carboxylic acids is 1. The molecule has 0 amide bonds. The van der Waals surface area contributed by atoms with Gasteiger partial charge in [-0.25, -0.2) is 4.79 Å². The molecule has 3 heteroatoms. The first-order valence-electron chi connectivity index (χ1n) is 4.11. The lowest BCUT2D eigenvalue weighted by Crippen LogP contribution is -2.08. The Balaban J connectivity index is 2.79. The molecular formula is C11H10O3. The Morgan fingerprint density at radius 2 is 2.07 bits per heavy atom. The molecule has 0 heterocycles. The van der Waals surface area contributed by atoms with Gasteiger partial charge in [0.1, 0.15) is 0 Å². The number of aliphatic carboxylic acids is 1. The van der Waals surface area contributed by atoms with Crippen molar-refractivity contribution in [2.75, 3.05) is 0 Å². The molecule has 0 aliphatic carbocycles. The minimum absolute atomic E-state index is 0.819. The van der Waals surface area contributed by atoms with E-state index in [1.807, 2.05) is 25.1 Å². The van der Waals surface area contributed by atoms with Crippen molar-refractivity contribution in [3.05, 3.63) is 41.5 Å². The predicted molar refractivity (Wildman–Crippen MR) is 52.9 cm³/mol. The van der Waals surface area contributed by atoms with E-state index < -0.39 is 11.8 Å². The van der Waals surface area contributed by atoms with E-state index in [1.54, 1.807) is 6.07 Å². The number of hydrogen-bond acceptors (Lipinski definition) is 2. The molecule has 0 unspecified atom stereocenters. The molecule has 1 aromatic rings. The van der Waals surface area contributed by atoms with Crippen molar-refractivity contribution in [2.24, 2.45) is 0 Å². The largest absolute Gasteiger partial charge is 0.475 e. The average molecular weight is 190 g/mol. The predicted octanol–water partition coefficient (Wildman–Crippen LogP) is 1.66. The molecule has 14 heavy (non-hydrogen) atoms. The lowest BCUT2D eigenvalue weighted by Gasteiger charge is -1.94. The number of carbonyl (C=O) groups is 2. The second-order valence-corrected chi connectivity index (χ2v) is 2.92. The number of ketones is 1. The van der Waals surface area contributed by atoms with Crippen molar-refractivity contribution < 1.29 is 14.7 Å². The Labute approximate surface area is 81.7 Å². The number of benzene rings is 1. The van der Waals surface area contributed by atoms with Gasteiger partial charge in [0.15, 0.2) is 0 Å². The average Bonchev–Trinajstić information content (AvgIpc) is 2.14. The van der Waals surface area contributed by atoms with Gasteiger partial charge in [0, 0.05) is 0 Å². The van der Waals surface area contributed by atoms with Gasteiger partial charge in [-0.05, 0) is 18.6 Å². The molecule has 1 rings (SSSR count). The molecular weight excluding hydrogens is 180 g/mol. The molecule has 0 aromatic heterocycles. The summed E-state index contributed by atoms with van der Waals surface area (Å²) in [6, 6.07) is 7.45. The maximum Gasteiger partial charge on any atom is 0.376 e. The van der Waals surface area contributed by atoms with Gasteiger partial charge < -0.3 is 5.11 Å². The van der Waals surface area contributed by atoms with E-state index in [0.29, 0.717) is 0 Å². The fraction of sp³-hybridized carbons (Fsp3) is 0.0909. The van der Waals surface area contributed by atoms with E-state index >= 15 is 0 Å². The smallest absolute Gasteiger partial charge is 0.376 e. The standard InChI is InChI=1S/C11H10O3/c1-8-3-2-4-9(7-8)5-6-10(12)11(13)14/h2-7H,1H3,(H,13,14)/b6-5+. The van der Waals surface area contributed by atoms with Crippen LogP contribution in [0.2, 0.25) is 0 Å². The van der Waals surface area contributed by atoms with Crippen LogP contribution in [0.25, 0.3) is 6.08 Å². The summed E-state index contributed by atoms with van der Waals surface area (Å²) < 4.78 is 0. The van der Waals surface area contributed by atoms with Gasteiger partial charge in [0.05, 0.1) is 0 Å². The van der Waals surface area contributed by atoms with Gasteiger partial charge in [-0.15, -0.1) is 0 Å². The first kappa shape index (κ1) is 10.2.